The van der Waals surface area contributed by atoms with Gasteiger partial charge in [0, 0.05) is 18.5 Å². The van der Waals surface area contributed by atoms with Gasteiger partial charge in [-0.05, 0) is 30.9 Å². The molecule has 1 aliphatic carbocycles. The molecule has 1 N–H and O–H groups in total. The lowest BCUT2D eigenvalue weighted by Crippen LogP contribution is -2.55. The highest BCUT2D eigenvalue weighted by Gasteiger charge is 2.43. The van der Waals surface area contributed by atoms with Crippen molar-refractivity contribution in [3.05, 3.63) is 34.9 Å². The molecule has 0 amide bonds. The number of fused-ring (bicyclic) bond motifs is 2. The number of hydrogen-bond acceptors (Lipinski definition) is 1. The van der Waals surface area contributed by atoms with Gasteiger partial charge in [-0.2, -0.15) is 0 Å². The second-order valence-electron chi connectivity index (χ2n) is 4.54. The fourth-order valence-electron chi connectivity index (χ4n) is 2.70. The van der Waals surface area contributed by atoms with E-state index in [1.165, 1.54) is 31.5 Å². The van der Waals surface area contributed by atoms with E-state index in [9.17, 15) is 0 Å². The van der Waals surface area contributed by atoms with Gasteiger partial charge in [-0.15, -0.1) is 0 Å². The van der Waals surface area contributed by atoms with E-state index in [1.54, 1.807) is 11.1 Å². The van der Waals surface area contributed by atoms with Crippen molar-refractivity contribution in [1.82, 2.24) is 5.32 Å². The summed E-state index contributed by atoms with van der Waals surface area (Å²) in [5.74, 6) is 0. The second kappa shape index (κ2) is 2.36. The largest absolute Gasteiger partial charge is 0.315 e. The summed E-state index contributed by atoms with van der Waals surface area (Å²) < 4.78 is 0. The lowest BCUT2D eigenvalue weighted by molar-refractivity contribution is 0.276. The van der Waals surface area contributed by atoms with Gasteiger partial charge in [0.1, 0.15) is 0 Å². The van der Waals surface area contributed by atoms with Gasteiger partial charge in [0.2, 0.25) is 0 Å². The van der Waals surface area contributed by atoms with Crippen molar-refractivity contribution in [2.75, 3.05) is 13.1 Å². The first-order valence-electron chi connectivity index (χ1n) is 5.11. The minimum Gasteiger partial charge on any atom is -0.315 e. The number of benzene rings is 1. The first kappa shape index (κ1) is 7.57. The van der Waals surface area contributed by atoms with E-state index < -0.39 is 0 Å². The highest BCUT2D eigenvalue weighted by atomic mass is 15.0. The summed E-state index contributed by atoms with van der Waals surface area (Å²) in [6, 6.07) is 6.95. The Morgan fingerprint density at radius 3 is 2.85 bits per heavy atom. The average Bonchev–Trinajstić information content (AvgIpc) is 2.41. The predicted molar refractivity (Wildman–Crippen MR) is 54.0 cm³/mol. The average molecular weight is 173 g/mol. The van der Waals surface area contributed by atoms with Gasteiger partial charge in [-0.1, -0.05) is 23.8 Å². The summed E-state index contributed by atoms with van der Waals surface area (Å²) in [5, 5.41) is 3.40. The SMILES string of the molecule is Cc1ccc2c(c1)C1(CC2)CNC1. The Hall–Kier alpha value is -0.820. The lowest BCUT2D eigenvalue weighted by atomic mass is 9.76. The molecule has 1 saturated heterocycles. The summed E-state index contributed by atoms with van der Waals surface area (Å²) in [6.07, 6.45) is 2.65. The normalized spacial score (nSPS) is 22.8. The maximum absolute atomic E-state index is 3.40. The van der Waals surface area contributed by atoms with Crippen LogP contribution >= 0.6 is 0 Å². The van der Waals surface area contributed by atoms with Crippen LogP contribution < -0.4 is 5.32 Å². The third-order valence-corrected chi connectivity index (χ3v) is 3.64. The van der Waals surface area contributed by atoms with Crippen LogP contribution in [-0.2, 0) is 11.8 Å². The van der Waals surface area contributed by atoms with Gasteiger partial charge in [0.15, 0.2) is 0 Å². The summed E-state index contributed by atoms with van der Waals surface area (Å²) in [4.78, 5) is 0. The van der Waals surface area contributed by atoms with Crippen molar-refractivity contribution in [2.24, 2.45) is 0 Å². The Kier molecular flexibility index (Phi) is 1.37. The summed E-state index contributed by atoms with van der Waals surface area (Å²) in [7, 11) is 0. The smallest absolute Gasteiger partial charge is 0.0208 e. The molecule has 3 rings (SSSR count). The number of hydrogen-bond donors (Lipinski definition) is 1. The molecule has 2 aliphatic rings. The molecule has 1 heterocycles. The van der Waals surface area contributed by atoms with Gasteiger partial charge >= 0.3 is 0 Å². The molecule has 0 bridgehead atoms. The topological polar surface area (TPSA) is 12.0 Å². The van der Waals surface area contributed by atoms with Gasteiger partial charge < -0.3 is 5.32 Å². The molecule has 0 unspecified atom stereocenters. The van der Waals surface area contributed by atoms with Crippen molar-refractivity contribution in [3.8, 4) is 0 Å². The zero-order valence-electron chi connectivity index (χ0n) is 8.06. The lowest BCUT2D eigenvalue weighted by Gasteiger charge is -2.40. The van der Waals surface area contributed by atoms with Crippen molar-refractivity contribution in [2.45, 2.75) is 25.2 Å². The Balaban J connectivity index is 2.14. The van der Waals surface area contributed by atoms with Crippen molar-refractivity contribution >= 4 is 0 Å². The first-order valence-corrected chi connectivity index (χ1v) is 5.11. The quantitative estimate of drug-likeness (QED) is 0.630. The Morgan fingerprint density at radius 2 is 2.15 bits per heavy atom. The highest BCUT2D eigenvalue weighted by molar-refractivity contribution is 5.44. The fourth-order valence-corrected chi connectivity index (χ4v) is 2.70. The van der Waals surface area contributed by atoms with Crippen molar-refractivity contribution in [1.29, 1.82) is 0 Å². The number of nitrogens with one attached hydrogen (secondary N) is 1. The molecule has 0 radical (unpaired) electrons. The van der Waals surface area contributed by atoms with Crippen LogP contribution in [0.15, 0.2) is 18.2 Å². The van der Waals surface area contributed by atoms with Gasteiger partial charge in [-0.25, -0.2) is 0 Å². The molecule has 1 fully saturated rings. The van der Waals surface area contributed by atoms with E-state index in [-0.39, 0.29) is 0 Å². The van der Waals surface area contributed by atoms with E-state index in [1.807, 2.05) is 0 Å². The van der Waals surface area contributed by atoms with Crippen LogP contribution in [0.1, 0.15) is 23.1 Å². The molecule has 0 atom stereocenters. The Morgan fingerprint density at radius 1 is 1.31 bits per heavy atom. The summed E-state index contributed by atoms with van der Waals surface area (Å²) >= 11 is 0. The van der Waals surface area contributed by atoms with Crippen LogP contribution in [0, 0.1) is 6.92 Å². The predicted octanol–water partition coefficient (Wildman–Crippen LogP) is 1.78. The summed E-state index contributed by atoms with van der Waals surface area (Å²) in [6.45, 7) is 4.59. The van der Waals surface area contributed by atoms with Crippen LogP contribution in [0.4, 0.5) is 0 Å². The van der Waals surface area contributed by atoms with E-state index in [4.69, 9.17) is 0 Å². The van der Waals surface area contributed by atoms with Crippen molar-refractivity contribution < 1.29 is 0 Å². The van der Waals surface area contributed by atoms with Gasteiger partial charge in [-0.3, -0.25) is 0 Å². The second-order valence-corrected chi connectivity index (χ2v) is 4.54. The van der Waals surface area contributed by atoms with Crippen LogP contribution in [0.25, 0.3) is 0 Å². The number of rotatable bonds is 0. The van der Waals surface area contributed by atoms with Crippen LogP contribution in [0.2, 0.25) is 0 Å². The standard InChI is InChI=1S/C12H15N/c1-9-2-3-10-4-5-12(7-13-8-12)11(10)6-9/h2-3,6,13H,4-5,7-8H2,1H3. The minimum absolute atomic E-state index is 0.529. The monoisotopic (exact) mass is 173 g/mol. The first-order chi connectivity index (χ1) is 6.30. The van der Waals surface area contributed by atoms with Crippen LogP contribution in [0.5, 0.6) is 0 Å². The molecule has 0 saturated carbocycles. The van der Waals surface area contributed by atoms with E-state index in [0.717, 1.165) is 0 Å². The van der Waals surface area contributed by atoms with Gasteiger partial charge in [0.05, 0.1) is 0 Å². The maximum Gasteiger partial charge on any atom is 0.0208 e. The molecule has 1 nitrogen and oxygen atoms in total. The molecule has 1 aromatic rings. The van der Waals surface area contributed by atoms with Crippen LogP contribution in [0.3, 0.4) is 0 Å². The minimum atomic E-state index is 0.529. The van der Waals surface area contributed by atoms with Crippen LogP contribution in [-0.4, -0.2) is 13.1 Å². The molecule has 0 aromatic heterocycles. The third-order valence-electron chi connectivity index (χ3n) is 3.64. The van der Waals surface area contributed by atoms with E-state index >= 15 is 0 Å². The Labute approximate surface area is 79.2 Å². The fraction of sp³-hybridized carbons (Fsp3) is 0.500. The molecule has 1 spiro atoms. The summed E-state index contributed by atoms with van der Waals surface area (Å²) in [5.41, 5.74) is 5.16. The molecule has 1 aromatic carbocycles. The maximum atomic E-state index is 3.40. The third kappa shape index (κ3) is 0.910. The molecule has 1 aliphatic heterocycles. The molecular formula is C12H15N. The van der Waals surface area contributed by atoms with Crippen molar-refractivity contribution in [3.63, 3.8) is 0 Å². The molecule has 1 heteroatoms. The zero-order chi connectivity index (χ0) is 8.89. The molecule has 68 valence electrons. The van der Waals surface area contributed by atoms with E-state index in [0.29, 0.717) is 5.41 Å². The number of aryl methyl sites for hydroxylation is 2. The van der Waals surface area contributed by atoms with Gasteiger partial charge in [0.25, 0.3) is 0 Å². The van der Waals surface area contributed by atoms with E-state index in [2.05, 4.69) is 30.4 Å². The molecular weight excluding hydrogens is 158 g/mol. The highest BCUT2D eigenvalue weighted by Crippen LogP contribution is 2.41. The Bertz CT molecular complexity index is 350. The molecule has 13 heavy (non-hydrogen) atoms. The zero-order valence-corrected chi connectivity index (χ0v) is 8.06.